The van der Waals surface area contributed by atoms with Gasteiger partial charge in [-0.3, -0.25) is 9.59 Å². The maximum absolute atomic E-state index is 12.6. The van der Waals surface area contributed by atoms with Gasteiger partial charge < -0.3 is 19.9 Å². The number of nitrogens with one attached hydrogen (secondary N) is 1. The summed E-state index contributed by atoms with van der Waals surface area (Å²) in [5.74, 6) is -0.160. The number of benzene rings is 1. The van der Waals surface area contributed by atoms with Gasteiger partial charge in [-0.05, 0) is 44.9 Å². The van der Waals surface area contributed by atoms with E-state index in [2.05, 4.69) is 5.32 Å². The molecule has 0 heterocycles. The first-order chi connectivity index (χ1) is 11.4. The summed E-state index contributed by atoms with van der Waals surface area (Å²) in [6.45, 7) is 8.43. The van der Waals surface area contributed by atoms with Crippen molar-refractivity contribution in [3.8, 4) is 11.5 Å². The van der Waals surface area contributed by atoms with Gasteiger partial charge in [0.25, 0.3) is 5.91 Å². The fourth-order valence-corrected chi connectivity index (χ4v) is 2.52. The number of carboxylic acids is 1. The first kappa shape index (κ1) is 19.8. The maximum atomic E-state index is 12.6. The molecule has 1 aromatic rings. The van der Waals surface area contributed by atoms with Crippen LogP contribution in [0, 0.1) is 0 Å². The summed E-state index contributed by atoms with van der Waals surface area (Å²) >= 11 is 0. The van der Waals surface area contributed by atoms with E-state index in [1.165, 1.54) is 0 Å². The van der Waals surface area contributed by atoms with Crippen LogP contribution < -0.4 is 14.8 Å². The van der Waals surface area contributed by atoms with Gasteiger partial charge in [-0.2, -0.15) is 0 Å². The van der Waals surface area contributed by atoms with E-state index >= 15 is 0 Å². The Balaban J connectivity index is 3.04. The smallest absolute Gasteiger partial charge is 0.305 e. The minimum Gasteiger partial charge on any atom is -0.490 e. The van der Waals surface area contributed by atoms with Gasteiger partial charge in [0.1, 0.15) is 0 Å². The van der Waals surface area contributed by atoms with Crippen molar-refractivity contribution in [2.45, 2.75) is 52.5 Å². The van der Waals surface area contributed by atoms with Crippen LogP contribution in [0.2, 0.25) is 0 Å². The Morgan fingerprint density at radius 3 is 2.12 bits per heavy atom. The molecule has 0 aromatic heterocycles. The van der Waals surface area contributed by atoms with Gasteiger partial charge in [0.15, 0.2) is 11.5 Å². The first-order valence-corrected chi connectivity index (χ1v) is 8.35. The van der Waals surface area contributed by atoms with Crippen LogP contribution in [-0.2, 0) is 4.79 Å². The number of ether oxygens (including phenoxy) is 2. The van der Waals surface area contributed by atoms with Crippen molar-refractivity contribution in [1.29, 1.82) is 0 Å². The lowest BCUT2D eigenvalue weighted by Crippen LogP contribution is -2.49. The van der Waals surface area contributed by atoms with E-state index in [0.29, 0.717) is 43.1 Å². The standard InChI is InChI=1S/C18H27NO5/c1-5-18(6-2,12-16(20)21)19-17(22)13-9-10-14(23-7-3)15(11-13)24-8-4/h9-11H,5-8,12H2,1-4H3,(H,19,22)(H,20,21). The molecule has 1 aromatic carbocycles. The molecule has 0 bridgehead atoms. The number of carboxylic acid groups (broad SMARTS) is 1. The van der Waals surface area contributed by atoms with Crippen molar-refractivity contribution in [2.75, 3.05) is 13.2 Å². The van der Waals surface area contributed by atoms with Crippen LogP contribution in [0.25, 0.3) is 0 Å². The second-order valence-electron chi connectivity index (χ2n) is 5.54. The van der Waals surface area contributed by atoms with E-state index in [-0.39, 0.29) is 12.3 Å². The molecule has 0 radical (unpaired) electrons. The molecule has 0 unspecified atom stereocenters. The van der Waals surface area contributed by atoms with Crippen molar-refractivity contribution in [3.63, 3.8) is 0 Å². The first-order valence-electron chi connectivity index (χ1n) is 8.35. The van der Waals surface area contributed by atoms with Gasteiger partial charge in [-0.15, -0.1) is 0 Å². The number of carbonyl (C=O) groups is 2. The zero-order valence-corrected chi connectivity index (χ0v) is 14.8. The van der Waals surface area contributed by atoms with Crippen LogP contribution >= 0.6 is 0 Å². The summed E-state index contributed by atoms with van der Waals surface area (Å²) in [5.41, 5.74) is -0.341. The molecular weight excluding hydrogens is 310 g/mol. The third kappa shape index (κ3) is 5.15. The second kappa shape index (κ2) is 9.15. The molecule has 0 saturated carbocycles. The quantitative estimate of drug-likeness (QED) is 0.684. The van der Waals surface area contributed by atoms with Crippen LogP contribution in [0.4, 0.5) is 0 Å². The van der Waals surface area contributed by atoms with E-state index in [0.717, 1.165) is 0 Å². The maximum Gasteiger partial charge on any atom is 0.305 e. The lowest BCUT2D eigenvalue weighted by Gasteiger charge is -2.31. The highest BCUT2D eigenvalue weighted by atomic mass is 16.5. The highest BCUT2D eigenvalue weighted by Crippen LogP contribution is 2.29. The Hall–Kier alpha value is -2.24. The SMILES string of the molecule is CCOc1ccc(C(=O)NC(CC)(CC)CC(=O)O)cc1OCC. The van der Waals surface area contributed by atoms with Gasteiger partial charge >= 0.3 is 5.97 Å². The van der Waals surface area contributed by atoms with Gasteiger partial charge in [0.2, 0.25) is 0 Å². The Morgan fingerprint density at radius 2 is 1.62 bits per heavy atom. The van der Waals surface area contributed by atoms with Crippen LogP contribution in [-0.4, -0.2) is 35.7 Å². The summed E-state index contributed by atoms with van der Waals surface area (Å²) in [5, 5.41) is 12.0. The highest BCUT2D eigenvalue weighted by Gasteiger charge is 2.31. The fourth-order valence-electron chi connectivity index (χ4n) is 2.52. The van der Waals surface area contributed by atoms with Gasteiger partial charge in [-0.1, -0.05) is 13.8 Å². The van der Waals surface area contributed by atoms with E-state index in [4.69, 9.17) is 14.6 Å². The van der Waals surface area contributed by atoms with E-state index in [1.54, 1.807) is 18.2 Å². The molecule has 0 aliphatic carbocycles. The minimum absolute atomic E-state index is 0.110. The molecule has 6 heteroatoms. The van der Waals surface area contributed by atoms with Crippen molar-refractivity contribution < 1.29 is 24.2 Å². The molecule has 2 N–H and O–H groups in total. The molecular formula is C18H27NO5. The van der Waals surface area contributed by atoms with E-state index in [9.17, 15) is 9.59 Å². The molecule has 134 valence electrons. The molecule has 0 atom stereocenters. The number of amides is 1. The molecule has 24 heavy (non-hydrogen) atoms. The number of aliphatic carboxylic acids is 1. The monoisotopic (exact) mass is 337 g/mol. The molecule has 0 saturated heterocycles. The Kier molecular flexibility index (Phi) is 7.55. The zero-order valence-electron chi connectivity index (χ0n) is 14.8. The number of hydrogen-bond acceptors (Lipinski definition) is 4. The lowest BCUT2D eigenvalue weighted by atomic mass is 9.88. The largest absolute Gasteiger partial charge is 0.490 e. The predicted molar refractivity (Wildman–Crippen MR) is 91.8 cm³/mol. The van der Waals surface area contributed by atoms with Crippen molar-refractivity contribution in [3.05, 3.63) is 23.8 Å². The van der Waals surface area contributed by atoms with Crippen molar-refractivity contribution in [2.24, 2.45) is 0 Å². The summed E-state index contributed by atoms with van der Waals surface area (Å²) in [4.78, 5) is 23.7. The summed E-state index contributed by atoms with van der Waals surface area (Å²) in [6, 6.07) is 4.97. The number of rotatable bonds is 10. The molecule has 1 rings (SSSR count). The predicted octanol–water partition coefficient (Wildman–Crippen LogP) is 3.25. The molecule has 0 fully saturated rings. The summed E-state index contributed by atoms with van der Waals surface area (Å²) in [7, 11) is 0. The molecule has 6 nitrogen and oxygen atoms in total. The summed E-state index contributed by atoms with van der Waals surface area (Å²) in [6.07, 6.45) is 0.967. The highest BCUT2D eigenvalue weighted by molar-refractivity contribution is 5.95. The van der Waals surface area contributed by atoms with Crippen LogP contribution in [0.3, 0.4) is 0 Å². The average Bonchev–Trinajstić information content (AvgIpc) is 2.55. The third-order valence-electron chi connectivity index (χ3n) is 4.03. The average molecular weight is 337 g/mol. The molecule has 1 amide bonds. The van der Waals surface area contributed by atoms with E-state index < -0.39 is 11.5 Å². The normalized spacial score (nSPS) is 11.0. The Morgan fingerprint density at radius 1 is 1.04 bits per heavy atom. The Bertz CT molecular complexity index is 567. The van der Waals surface area contributed by atoms with E-state index in [1.807, 2.05) is 27.7 Å². The number of hydrogen-bond donors (Lipinski definition) is 2. The molecule has 0 aliphatic heterocycles. The molecule has 0 spiro atoms. The lowest BCUT2D eigenvalue weighted by molar-refractivity contribution is -0.138. The topological polar surface area (TPSA) is 84.9 Å². The minimum atomic E-state index is -0.930. The molecule has 0 aliphatic rings. The van der Waals surface area contributed by atoms with Crippen molar-refractivity contribution in [1.82, 2.24) is 5.32 Å². The Labute approximate surface area is 143 Å². The van der Waals surface area contributed by atoms with Gasteiger partial charge in [0, 0.05) is 5.56 Å². The number of carbonyl (C=O) groups excluding carboxylic acids is 1. The van der Waals surface area contributed by atoms with Crippen molar-refractivity contribution >= 4 is 11.9 Å². The second-order valence-corrected chi connectivity index (χ2v) is 5.54. The summed E-state index contributed by atoms with van der Waals surface area (Å²) < 4.78 is 11.0. The van der Waals surface area contributed by atoms with Gasteiger partial charge in [0.05, 0.1) is 25.2 Å². The van der Waals surface area contributed by atoms with Crippen LogP contribution in [0.5, 0.6) is 11.5 Å². The third-order valence-corrected chi connectivity index (χ3v) is 4.03. The van der Waals surface area contributed by atoms with Crippen LogP contribution in [0.1, 0.15) is 57.3 Å². The fraction of sp³-hybridized carbons (Fsp3) is 0.556. The van der Waals surface area contributed by atoms with Gasteiger partial charge in [-0.25, -0.2) is 0 Å². The zero-order chi connectivity index (χ0) is 18.2. The van der Waals surface area contributed by atoms with Crippen LogP contribution in [0.15, 0.2) is 18.2 Å².